The fourth-order valence-corrected chi connectivity index (χ4v) is 1.09. The number of aromatic amines is 1. The maximum absolute atomic E-state index is 11.4. The Balaban J connectivity index is 2.35. The fraction of sp³-hybridized carbons (Fsp3) is 0.444. The molecule has 0 aliphatic heterocycles. The number of hydrogen-bond acceptors (Lipinski definition) is 3. The Morgan fingerprint density at radius 3 is 2.93 bits per heavy atom. The molecule has 3 N–H and O–H groups in total. The summed E-state index contributed by atoms with van der Waals surface area (Å²) in [6.45, 7) is 1.76. The fourth-order valence-electron chi connectivity index (χ4n) is 1.09. The molecule has 82 valence electrons. The Bertz CT molecular complexity index is 334. The lowest BCUT2D eigenvalue weighted by Gasteiger charge is -2.11. The lowest BCUT2D eigenvalue weighted by atomic mass is 10.2. The van der Waals surface area contributed by atoms with E-state index in [2.05, 4.69) is 15.5 Å². The first-order chi connectivity index (χ1) is 7.09. The molecular weight excluding hydrogens is 198 g/mol. The molecule has 0 bridgehead atoms. The average molecular weight is 211 g/mol. The van der Waals surface area contributed by atoms with Gasteiger partial charge >= 0.3 is 5.97 Å². The molecule has 1 heterocycles. The second-order valence-corrected chi connectivity index (χ2v) is 3.29. The largest absolute Gasteiger partial charge is 0.481 e. The van der Waals surface area contributed by atoms with E-state index in [0.29, 0.717) is 12.0 Å². The Morgan fingerprint density at radius 1 is 1.67 bits per heavy atom. The normalized spacial score (nSPS) is 12.1. The van der Waals surface area contributed by atoms with Gasteiger partial charge in [-0.2, -0.15) is 5.10 Å². The quantitative estimate of drug-likeness (QED) is 0.656. The van der Waals surface area contributed by atoms with Gasteiger partial charge in [-0.15, -0.1) is 0 Å². The van der Waals surface area contributed by atoms with Crippen LogP contribution in [0.15, 0.2) is 12.4 Å². The number of nitrogens with zero attached hydrogens (tertiary/aromatic N) is 1. The molecule has 6 heteroatoms. The van der Waals surface area contributed by atoms with Crippen LogP contribution in [0, 0.1) is 0 Å². The van der Waals surface area contributed by atoms with Crippen molar-refractivity contribution in [1.82, 2.24) is 15.5 Å². The van der Waals surface area contributed by atoms with Crippen LogP contribution in [-0.4, -0.2) is 33.2 Å². The van der Waals surface area contributed by atoms with Crippen LogP contribution in [0.25, 0.3) is 0 Å². The number of carbonyl (C=O) groups is 2. The number of carbonyl (C=O) groups excluding carboxylic acids is 1. The van der Waals surface area contributed by atoms with Crippen molar-refractivity contribution < 1.29 is 14.7 Å². The maximum atomic E-state index is 11.4. The summed E-state index contributed by atoms with van der Waals surface area (Å²) in [6, 6.07) is -0.163. The Labute approximate surface area is 86.7 Å². The number of nitrogens with one attached hydrogen (secondary N) is 2. The number of rotatable bonds is 5. The summed E-state index contributed by atoms with van der Waals surface area (Å²) in [4.78, 5) is 21.7. The average Bonchev–Trinajstić information content (AvgIpc) is 2.67. The van der Waals surface area contributed by atoms with Gasteiger partial charge in [0.15, 0.2) is 0 Å². The zero-order chi connectivity index (χ0) is 11.3. The molecule has 0 spiro atoms. The lowest BCUT2D eigenvalue weighted by Crippen LogP contribution is -2.32. The Kier molecular flexibility index (Phi) is 3.84. The van der Waals surface area contributed by atoms with Crippen LogP contribution in [0.1, 0.15) is 30.1 Å². The minimum Gasteiger partial charge on any atom is -0.481 e. The van der Waals surface area contributed by atoms with Crippen LogP contribution in [0.3, 0.4) is 0 Å². The molecule has 1 aromatic heterocycles. The Morgan fingerprint density at radius 2 is 2.40 bits per heavy atom. The molecular formula is C9H13N3O3. The van der Waals surface area contributed by atoms with E-state index in [1.807, 2.05) is 0 Å². The molecule has 1 unspecified atom stereocenters. The molecule has 0 aromatic carbocycles. The minimum absolute atomic E-state index is 0.0484. The second-order valence-electron chi connectivity index (χ2n) is 3.29. The van der Waals surface area contributed by atoms with Crippen LogP contribution in [0.2, 0.25) is 0 Å². The van der Waals surface area contributed by atoms with Crippen molar-refractivity contribution in [3.63, 3.8) is 0 Å². The summed E-state index contributed by atoms with van der Waals surface area (Å²) in [6.07, 6.45) is 3.37. The first kappa shape index (κ1) is 11.2. The van der Waals surface area contributed by atoms with Crippen LogP contribution < -0.4 is 5.32 Å². The Hall–Kier alpha value is -1.85. The summed E-state index contributed by atoms with van der Waals surface area (Å²) >= 11 is 0. The second kappa shape index (κ2) is 5.14. The number of hydrogen-bond donors (Lipinski definition) is 3. The van der Waals surface area contributed by atoms with Crippen molar-refractivity contribution in [2.75, 3.05) is 0 Å². The van der Waals surface area contributed by atoms with Gasteiger partial charge in [0.05, 0.1) is 11.8 Å². The van der Waals surface area contributed by atoms with E-state index < -0.39 is 5.97 Å². The summed E-state index contributed by atoms with van der Waals surface area (Å²) < 4.78 is 0. The number of carboxylic acid groups (broad SMARTS) is 1. The van der Waals surface area contributed by atoms with Crippen molar-refractivity contribution >= 4 is 11.9 Å². The molecule has 15 heavy (non-hydrogen) atoms. The van der Waals surface area contributed by atoms with Gasteiger partial charge < -0.3 is 10.4 Å². The van der Waals surface area contributed by atoms with Crippen molar-refractivity contribution in [3.8, 4) is 0 Å². The van der Waals surface area contributed by atoms with Gasteiger partial charge in [0.1, 0.15) is 0 Å². The van der Waals surface area contributed by atoms with Gasteiger partial charge in [0, 0.05) is 18.7 Å². The predicted molar refractivity (Wildman–Crippen MR) is 52.4 cm³/mol. The first-order valence-corrected chi connectivity index (χ1v) is 4.61. The first-order valence-electron chi connectivity index (χ1n) is 4.61. The number of aliphatic carboxylic acids is 1. The smallest absolute Gasteiger partial charge is 0.303 e. The van der Waals surface area contributed by atoms with E-state index in [9.17, 15) is 9.59 Å². The van der Waals surface area contributed by atoms with Crippen LogP contribution >= 0.6 is 0 Å². The minimum atomic E-state index is -0.862. The highest BCUT2D eigenvalue weighted by molar-refractivity contribution is 5.93. The molecule has 6 nitrogen and oxygen atoms in total. The molecule has 0 radical (unpaired) electrons. The molecule has 1 atom stereocenters. The summed E-state index contributed by atoms with van der Waals surface area (Å²) in [7, 11) is 0. The van der Waals surface area contributed by atoms with E-state index >= 15 is 0 Å². The summed E-state index contributed by atoms with van der Waals surface area (Å²) in [5.74, 6) is -1.11. The topological polar surface area (TPSA) is 95.1 Å². The van der Waals surface area contributed by atoms with Crippen molar-refractivity contribution in [2.45, 2.75) is 25.8 Å². The summed E-state index contributed by atoms with van der Waals surface area (Å²) in [5, 5.41) is 17.3. The van der Waals surface area contributed by atoms with Crippen molar-refractivity contribution in [3.05, 3.63) is 18.0 Å². The summed E-state index contributed by atoms with van der Waals surface area (Å²) in [5.41, 5.74) is 0.442. The van der Waals surface area contributed by atoms with Crippen LogP contribution in [-0.2, 0) is 4.79 Å². The van der Waals surface area contributed by atoms with E-state index in [1.165, 1.54) is 12.4 Å². The van der Waals surface area contributed by atoms with Crippen LogP contribution in [0.4, 0.5) is 0 Å². The molecule has 0 saturated heterocycles. The SMILES string of the molecule is CC(CCC(=O)O)NC(=O)c1cn[nH]c1. The molecule has 0 saturated carbocycles. The third-order valence-electron chi connectivity index (χ3n) is 1.93. The van der Waals surface area contributed by atoms with Gasteiger partial charge in [-0.05, 0) is 13.3 Å². The van der Waals surface area contributed by atoms with Crippen molar-refractivity contribution in [2.24, 2.45) is 0 Å². The lowest BCUT2D eigenvalue weighted by molar-refractivity contribution is -0.137. The van der Waals surface area contributed by atoms with Gasteiger partial charge in [-0.3, -0.25) is 14.7 Å². The van der Waals surface area contributed by atoms with E-state index in [1.54, 1.807) is 6.92 Å². The standard InChI is InChI=1S/C9H13N3O3/c1-6(2-3-8(13)14)12-9(15)7-4-10-11-5-7/h4-6H,2-3H2,1H3,(H,10,11)(H,12,15)(H,13,14). The van der Waals surface area contributed by atoms with E-state index in [4.69, 9.17) is 5.11 Å². The van der Waals surface area contributed by atoms with Gasteiger partial charge in [0.25, 0.3) is 5.91 Å². The molecule has 0 aliphatic carbocycles. The van der Waals surface area contributed by atoms with Crippen LogP contribution in [0.5, 0.6) is 0 Å². The molecule has 1 aromatic rings. The number of aromatic nitrogens is 2. The van der Waals surface area contributed by atoms with Gasteiger partial charge in [-0.1, -0.05) is 0 Å². The number of H-pyrrole nitrogens is 1. The number of amides is 1. The maximum Gasteiger partial charge on any atom is 0.303 e. The zero-order valence-electron chi connectivity index (χ0n) is 8.36. The molecule has 0 fully saturated rings. The highest BCUT2D eigenvalue weighted by atomic mass is 16.4. The van der Waals surface area contributed by atoms with Gasteiger partial charge in [-0.25, -0.2) is 0 Å². The predicted octanol–water partition coefficient (Wildman–Crippen LogP) is 0.393. The van der Waals surface area contributed by atoms with E-state index in [0.717, 1.165) is 0 Å². The zero-order valence-corrected chi connectivity index (χ0v) is 8.36. The molecule has 0 aliphatic rings. The molecule has 1 rings (SSSR count). The molecule has 1 amide bonds. The third kappa shape index (κ3) is 3.80. The monoisotopic (exact) mass is 211 g/mol. The number of carboxylic acids is 1. The highest BCUT2D eigenvalue weighted by Crippen LogP contribution is 1.99. The highest BCUT2D eigenvalue weighted by Gasteiger charge is 2.11. The van der Waals surface area contributed by atoms with Gasteiger partial charge in [0.2, 0.25) is 0 Å². The van der Waals surface area contributed by atoms with Crippen molar-refractivity contribution in [1.29, 1.82) is 0 Å². The van der Waals surface area contributed by atoms with E-state index in [-0.39, 0.29) is 18.4 Å². The third-order valence-corrected chi connectivity index (χ3v) is 1.93.